The Morgan fingerprint density at radius 1 is 1.29 bits per heavy atom. The van der Waals surface area contributed by atoms with Gasteiger partial charge in [-0.3, -0.25) is 18.9 Å². The minimum atomic E-state index is -1.84. The number of aromatic nitrogens is 2. The van der Waals surface area contributed by atoms with E-state index < -0.39 is 37.6 Å². The van der Waals surface area contributed by atoms with Gasteiger partial charge in [-0.05, 0) is 31.0 Å². The van der Waals surface area contributed by atoms with E-state index in [9.17, 15) is 9.59 Å². The zero-order chi connectivity index (χ0) is 19.9. The van der Waals surface area contributed by atoms with Gasteiger partial charge in [0.1, 0.15) is 27.7 Å². The summed E-state index contributed by atoms with van der Waals surface area (Å²) in [6, 6.07) is 6.40. The molecule has 0 bridgehead atoms. The Bertz CT molecular complexity index is 1000. The van der Waals surface area contributed by atoms with Crippen LogP contribution in [0.5, 0.6) is 5.75 Å². The molecule has 1 fully saturated rings. The molecule has 4 rings (SSSR count). The Hall–Kier alpha value is -1.57. The molecule has 0 aliphatic carbocycles. The van der Waals surface area contributed by atoms with Gasteiger partial charge >= 0.3 is 14.3 Å². The molecule has 4 radical (unpaired) electrons. The fourth-order valence-corrected chi connectivity index (χ4v) is 4.32. The summed E-state index contributed by atoms with van der Waals surface area (Å²) < 4.78 is 24.0. The van der Waals surface area contributed by atoms with Crippen LogP contribution in [0.15, 0.2) is 40.1 Å². The van der Waals surface area contributed by atoms with Crippen molar-refractivity contribution in [2.24, 2.45) is 0 Å². The van der Waals surface area contributed by atoms with Crippen LogP contribution in [-0.2, 0) is 20.4 Å². The average Bonchev–Trinajstić information content (AvgIpc) is 3.12. The highest BCUT2D eigenvalue weighted by Crippen LogP contribution is 2.50. The molecular weight excluding hydrogens is 404 g/mol. The summed E-state index contributed by atoms with van der Waals surface area (Å²) in [5, 5.41) is -1.12. The van der Waals surface area contributed by atoms with Crippen LogP contribution in [0.1, 0.15) is 24.6 Å². The summed E-state index contributed by atoms with van der Waals surface area (Å²) in [4.78, 5) is 25.3. The van der Waals surface area contributed by atoms with Crippen molar-refractivity contribution >= 4 is 35.9 Å². The first kappa shape index (κ1) is 19.7. The molecule has 8 nitrogen and oxygen atoms in total. The first-order valence-corrected chi connectivity index (χ1v) is 9.92. The summed E-state index contributed by atoms with van der Waals surface area (Å²) in [5.41, 5.74) is -0.261. The predicted octanol–water partition coefficient (Wildman–Crippen LogP) is 1.71. The number of fused-ring (bicyclic) bond motifs is 1. The molecule has 3 atom stereocenters. The average molecular weight is 418 g/mol. The number of aromatic amines is 1. The molecule has 2 aromatic rings. The maximum Gasteiger partial charge on any atom is 0.396 e. The van der Waals surface area contributed by atoms with Crippen molar-refractivity contribution in [3.63, 3.8) is 0 Å². The lowest BCUT2D eigenvalue weighted by molar-refractivity contribution is -0.0469. The maximum absolute atomic E-state index is 11.9. The topological polar surface area (TPSA) is 91.8 Å². The number of hydrogen-bond acceptors (Lipinski definition) is 6. The molecule has 2 aliphatic heterocycles. The standard InChI is InChI=1S/C16H14B2ClN2O6P/c17-16(18,27-28-24-8-9-7-10(19)1-2-11(9)26-28)12-3-4-14(25-12)21-6-5-13(22)20-15(21)23/h1-2,5-7,12,14H,3-4,8H2,(H,20,22,23). The molecule has 3 unspecified atom stereocenters. The van der Waals surface area contributed by atoms with Gasteiger partial charge in [0.05, 0.1) is 12.7 Å². The third kappa shape index (κ3) is 4.07. The van der Waals surface area contributed by atoms with Crippen molar-refractivity contribution < 1.29 is 18.3 Å². The van der Waals surface area contributed by atoms with E-state index >= 15 is 0 Å². The first-order valence-electron chi connectivity index (χ1n) is 8.45. The highest BCUT2D eigenvalue weighted by atomic mass is 35.5. The molecule has 28 heavy (non-hydrogen) atoms. The number of nitrogens with zero attached hydrogens (tertiary/aromatic N) is 1. The smallest absolute Gasteiger partial charge is 0.396 e. The van der Waals surface area contributed by atoms with Gasteiger partial charge in [0, 0.05) is 28.2 Å². The van der Waals surface area contributed by atoms with Crippen LogP contribution in [0.25, 0.3) is 0 Å². The summed E-state index contributed by atoms with van der Waals surface area (Å²) in [7, 11) is 10.4. The summed E-state index contributed by atoms with van der Waals surface area (Å²) in [6.07, 6.45) is 0.949. The number of ether oxygens (including phenoxy) is 1. The minimum Gasteiger partial charge on any atom is -0.426 e. The minimum absolute atomic E-state index is 0.249. The fraction of sp³-hybridized carbons (Fsp3) is 0.375. The van der Waals surface area contributed by atoms with Crippen molar-refractivity contribution in [3.8, 4) is 5.75 Å². The molecule has 1 saturated heterocycles. The molecule has 0 saturated carbocycles. The lowest BCUT2D eigenvalue weighted by Crippen LogP contribution is -2.45. The number of rotatable bonds is 4. The number of nitrogens with one attached hydrogen (secondary N) is 1. The van der Waals surface area contributed by atoms with E-state index in [-0.39, 0.29) is 6.61 Å². The number of halogens is 1. The van der Waals surface area contributed by atoms with Crippen LogP contribution in [0, 0.1) is 0 Å². The summed E-state index contributed by atoms with van der Waals surface area (Å²) in [6.45, 7) is 0.249. The molecular formula is C16H14B2ClN2O6P. The Balaban J connectivity index is 1.42. The second kappa shape index (κ2) is 7.69. The van der Waals surface area contributed by atoms with Crippen LogP contribution in [0.3, 0.4) is 0 Å². The molecule has 0 spiro atoms. The Labute approximate surface area is 168 Å². The third-order valence-electron chi connectivity index (χ3n) is 4.42. The Kier molecular flexibility index (Phi) is 5.42. The molecule has 3 heterocycles. The third-order valence-corrected chi connectivity index (χ3v) is 5.80. The van der Waals surface area contributed by atoms with Crippen LogP contribution in [-0.4, -0.2) is 36.7 Å². The van der Waals surface area contributed by atoms with E-state index in [4.69, 9.17) is 45.6 Å². The zero-order valence-corrected chi connectivity index (χ0v) is 16.2. The normalized spacial score (nSPS) is 24.5. The SMILES string of the molecule is [B]C([B])(OP1OCc2cc(Cl)ccc2O1)C1CCC(n2ccc(=O)[nH]c2=O)O1. The highest BCUT2D eigenvalue weighted by molar-refractivity contribution is 7.42. The molecule has 12 heteroatoms. The van der Waals surface area contributed by atoms with Gasteiger partial charge in [-0.2, -0.15) is 0 Å². The first-order chi connectivity index (χ1) is 13.3. The van der Waals surface area contributed by atoms with E-state index in [1.165, 1.54) is 16.8 Å². The van der Waals surface area contributed by atoms with Gasteiger partial charge in [0.25, 0.3) is 5.56 Å². The molecule has 1 N–H and O–H groups in total. The molecule has 2 aliphatic rings. The van der Waals surface area contributed by atoms with Crippen molar-refractivity contribution in [3.05, 3.63) is 61.9 Å². The highest BCUT2D eigenvalue weighted by Gasteiger charge is 2.41. The van der Waals surface area contributed by atoms with Crippen LogP contribution < -0.4 is 15.8 Å². The second-order valence-corrected chi connectivity index (χ2v) is 7.97. The monoisotopic (exact) mass is 418 g/mol. The van der Waals surface area contributed by atoms with Gasteiger partial charge in [0.2, 0.25) is 0 Å². The van der Waals surface area contributed by atoms with Crippen molar-refractivity contribution in [2.45, 2.75) is 37.2 Å². The molecule has 0 amide bonds. The van der Waals surface area contributed by atoms with Gasteiger partial charge < -0.3 is 13.8 Å². The quantitative estimate of drug-likeness (QED) is 0.601. The summed E-state index contributed by atoms with van der Waals surface area (Å²) in [5.74, 6) is 0.586. The fourth-order valence-electron chi connectivity index (χ4n) is 3.02. The van der Waals surface area contributed by atoms with E-state index in [0.717, 1.165) is 5.56 Å². The molecule has 1 aromatic heterocycles. The van der Waals surface area contributed by atoms with Gasteiger partial charge in [-0.25, -0.2) is 4.79 Å². The van der Waals surface area contributed by atoms with E-state index in [1.807, 2.05) is 0 Å². The Morgan fingerprint density at radius 2 is 2.11 bits per heavy atom. The largest absolute Gasteiger partial charge is 0.426 e. The maximum atomic E-state index is 11.9. The van der Waals surface area contributed by atoms with Crippen LogP contribution >= 0.6 is 20.2 Å². The molecule has 142 valence electrons. The lowest BCUT2D eigenvalue weighted by atomic mass is 9.61. The predicted molar refractivity (Wildman–Crippen MR) is 104 cm³/mol. The van der Waals surface area contributed by atoms with Crippen molar-refractivity contribution in [1.82, 2.24) is 9.55 Å². The summed E-state index contributed by atoms with van der Waals surface area (Å²) >= 11 is 5.95. The Morgan fingerprint density at radius 3 is 2.89 bits per heavy atom. The second-order valence-electron chi connectivity index (χ2n) is 6.46. The van der Waals surface area contributed by atoms with Crippen LogP contribution in [0.2, 0.25) is 5.02 Å². The number of benzene rings is 1. The van der Waals surface area contributed by atoms with E-state index in [0.29, 0.717) is 23.6 Å². The van der Waals surface area contributed by atoms with Crippen LogP contribution in [0.4, 0.5) is 0 Å². The number of H-pyrrole nitrogens is 1. The van der Waals surface area contributed by atoms with Crippen molar-refractivity contribution in [2.75, 3.05) is 0 Å². The zero-order valence-electron chi connectivity index (χ0n) is 14.5. The van der Waals surface area contributed by atoms with E-state index in [1.54, 1.807) is 18.2 Å². The van der Waals surface area contributed by atoms with E-state index in [2.05, 4.69) is 4.98 Å². The van der Waals surface area contributed by atoms with Crippen molar-refractivity contribution in [1.29, 1.82) is 0 Å². The number of hydrogen-bond donors (Lipinski definition) is 1. The van der Waals surface area contributed by atoms with Gasteiger partial charge in [0.15, 0.2) is 0 Å². The van der Waals surface area contributed by atoms with Gasteiger partial charge in [-0.15, -0.1) is 0 Å². The van der Waals surface area contributed by atoms with Gasteiger partial charge in [-0.1, -0.05) is 11.6 Å². The lowest BCUT2D eigenvalue weighted by Gasteiger charge is -2.36. The molecule has 1 aromatic carbocycles.